The van der Waals surface area contributed by atoms with E-state index in [4.69, 9.17) is 5.73 Å². The van der Waals surface area contributed by atoms with Crippen molar-refractivity contribution in [2.75, 3.05) is 5.73 Å². The van der Waals surface area contributed by atoms with Gasteiger partial charge in [-0.15, -0.1) is 0 Å². The number of nitrogens with zero attached hydrogens (tertiary/aromatic N) is 2. The number of nitro groups is 2. The molecule has 0 bridgehead atoms. The van der Waals surface area contributed by atoms with E-state index in [0.29, 0.717) is 4.90 Å². The van der Waals surface area contributed by atoms with Gasteiger partial charge < -0.3 is 5.73 Å². The van der Waals surface area contributed by atoms with Gasteiger partial charge in [0.05, 0.1) is 19.6 Å². The van der Waals surface area contributed by atoms with Gasteiger partial charge in [0.25, 0.3) is 5.69 Å². The molecule has 0 spiro atoms. The summed E-state index contributed by atoms with van der Waals surface area (Å²) < 4.78 is 0. The quantitative estimate of drug-likeness (QED) is 0.525. The maximum Gasteiger partial charge on any atom is 0.305 e. The van der Waals surface area contributed by atoms with Gasteiger partial charge in [-0.2, -0.15) is 0 Å². The fourth-order valence-electron chi connectivity index (χ4n) is 1.63. The van der Waals surface area contributed by atoms with Crippen molar-refractivity contribution in [3.8, 4) is 0 Å². The van der Waals surface area contributed by atoms with Crippen molar-refractivity contribution in [3.05, 3.63) is 62.7 Å². The minimum Gasteiger partial charge on any atom is -0.393 e. The third-order valence-electron chi connectivity index (χ3n) is 2.49. The van der Waals surface area contributed by atoms with E-state index in [1.807, 2.05) is 0 Å². The van der Waals surface area contributed by atoms with Crippen LogP contribution in [-0.4, -0.2) is 9.85 Å². The molecule has 7 nitrogen and oxygen atoms in total. The molecule has 0 fully saturated rings. The van der Waals surface area contributed by atoms with E-state index in [2.05, 4.69) is 0 Å². The summed E-state index contributed by atoms with van der Waals surface area (Å²) in [6.07, 6.45) is 0. The summed E-state index contributed by atoms with van der Waals surface area (Å²) in [5.41, 5.74) is 5.27. The number of para-hydroxylation sites is 2. The first-order chi connectivity index (χ1) is 9.50. The van der Waals surface area contributed by atoms with Gasteiger partial charge >= 0.3 is 5.69 Å². The predicted octanol–water partition coefficient (Wildman–Crippen LogP) is 3.24. The molecule has 2 N–H and O–H groups in total. The normalized spacial score (nSPS) is 10.2. The molecule has 0 amide bonds. The van der Waals surface area contributed by atoms with Crippen molar-refractivity contribution < 1.29 is 9.85 Å². The second-order valence-electron chi connectivity index (χ2n) is 3.78. The second kappa shape index (κ2) is 5.57. The minimum atomic E-state index is -0.591. The highest BCUT2D eigenvalue weighted by molar-refractivity contribution is 7.99. The summed E-state index contributed by atoms with van der Waals surface area (Å²) in [5, 5.41) is 22.0. The van der Waals surface area contributed by atoms with Crippen LogP contribution in [0.25, 0.3) is 0 Å². The van der Waals surface area contributed by atoms with Crippen LogP contribution in [0, 0.1) is 20.2 Å². The maximum absolute atomic E-state index is 11.0. The molecular weight excluding hydrogens is 282 g/mol. The molecule has 20 heavy (non-hydrogen) atoms. The van der Waals surface area contributed by atoms with E-state index in [1.165, 1.54) is 30.3 Å². The summed E-state index contributed by atoms with van der Waals surface area (Å²) in [4.78, 5) is 21.4. The molecule has 0 aliphatic carbocycles. The Balaban J connectivity index is 2.49. The van der Waals surface area contributed by atoms with E-state index in [1.54, 1.807) is 12.1 Å². The monoisotopic (exact) mass is 291 g/mol. The highest BCUT2D eigenvalue weighted by Gasteiger charge is 2.21. The highest BCUT2D eigenvalue weighted by atomic mass is 32.2. The number of nitrogens with two attached hydrogens (primary N) is 1. The lowest BCUT2D eigenvalue weighted by Gasteiger charge is -2.05. The summed E-state index contributed by atoms with van der Waals surface area (Å²) in [6, 6.07) is 10.6. The molecule has 2 aromatic carbocycles. The molecule has 0 unspecified atom stereocenters. The topological polar surface area (TPSA) is 112 Å². The van der Waals surface area contributed by atoms with Crippen LogP contribution in [0.1, 0.15) is 0 Å². The minimum absolute atomic E-state index is 0.0265. The first kappa shape index (κ1) is 13.8. The SMILES string of the molecule is Nc1cccc(Sc2ccccc2[N+](=O)[O-])c1[N+](=O)[O-]. The van der Waals surface area contributed by atoms with Gasteiger partial charge in [-0.1, -0.05) is 30.0 Å². The van der Waals surface area contributed by atoms with Crippen LogP contribution < -0.4 is 5.73 Å². The van der Waals surface area contributed by atoms with Gasteiger partial charge in [-0.3, -0.25) is 20.2 Å². The Morgan fingerprint density at radius 3 is 2.20 bits per heavy atom. The Kier molecular flexibility index (Phi) is 3.85. The lowest BCUT2D eigenvalue weighted by Crippen LogP contribution is -1.97. The van der Waals surface area contributed by atoms with Gasteiger partial charge in [-0.25, -0.2) is 0 Å². The Morgan fingerprint density at radius 1 is 0.900 bits per heavy atom. The van der Waals surface area contributed by atoms with Crippen molar-refractivity contribution in [3.63, 3.8) is 0 Å². The molecule has 2 aromatic rings. The van der Waals surface area contributed by atoms with Crippen LogP contribution in [0.3, 0.4) is 0 Å². The molecule has 8 heteroatoms. The average molecular weight is 291 g/mol. The molecule has 0 atom stereocenters. The standard InChI is InChI=1S/C12H9N3O4S/c13-8-4-3-7-11(12(8)15(18)19)20-10-6-2-1-5-9(10)14(16)17/h1-7H,13H2. The van der Waals surface area contributed by atoms with Crippen LogP contribution >= 0.6 is 11.8 Å². The molecule has 0 saturated heterocycles. The van der Waals surface area contributed by atoms with Gasteiger partial charge in [0.1, 0.15) is 5.69 Å². The lowest BCUT2D eigenvalue weighted by atomic mass is 10.3. The average Bonchev–Trinajstić information content (AvgIpc) is 2.38. The Morgan fingerprint density at radius 2 is 1.55 bits per heavy atom. The molecule has 0 saturated carbocycles. The summed E-state index contributed by atoms with van der Waals surface area (Å²) in [6.45, 7) is 0. The summed E-state index contributed by atoms with van der Waals surface area (Å²) >= 11 is 0.948. The zero-order valence-electron chi connectivity index (χ0n) is 10.1. The van der Waals surface area contributed by atoms with Crippen molar-refractivity contribution >= 4 is 28.8 Å². The van der Waals surface area contributed by atoms with E-state index >= 15 is 0 Å². The first-order valence-electron chi connectivity index (χ1n) is 5.45. The van der Waals surface area contributed by atoms with Gasteiger partial charge in [-0.05, 0) is 18.2 Å². The molecular formula is C12H9N3O4S. The van der Waals surface area contributed by atoms with Crippen LogP contribution in [0.5, 0.6) is 0 Å². The number of benzene rings is 2. The van der Waals surface area contributed by atoms with Gasteiger partial charge in [0.2, 0.25) is 0 Å². The maximum atomic E-state index is 11.0. The molecule has 0 aliphatic heterocycles. The Hall–Kier alpha value is -2.61. The van der Waals surface area contributed by atoms with Crippen molar-refractivity contribution in [2.45, 2.75) is 9.79 Å². The van der Waals surface area contributed by atoms with Crippen molar-refractivity contribution in [1.29, 1.82) is 0 Å². The number of nitrogen functional groups attached to an aromatic ring is 1. The molecule has 0 aromatic heterocycles. The molecule has 0 heterocycles. The van der Waals surface area contributed by atoms with Crippen LogP contribution in [0.2, 0.25) is 0 Å². The number of hydrogen-bond donors (Lipinski definition) is 1. The van der Waals surface area contributed by atoms with Crippen molar-refractivity contribution in [2.24, 2.45) is 0 Å². The van der Waals surface area contributed by atoms with E-state index in [9.17, 15) is 20.2 Å². The largest absolute Gasteiger partial charge is 0.393 e. The fraction of sp³-hybridized carbons (Fsp3) is 0. The Labute approximate surface area is 117 Å². The smallest absolute Gasteiger partial charge is 0.305 e. The molecule has 102 valence electrons. The zero-order valence-corrected chi connectivity index (χ0v) is 10.9. The molecule has 2 rings (SSSR count). The van der Waals surface area contributed by atoms with Gasteiger partial charge in [0, 0.05) is 6.07 Å². The first-order valence-corrected chi connectivity index (χ1v) is 6.26. The van der Waals surface area contributed by atoms with Crippen molar-refractivity contribution in [1.82, 2.24) is 0 Å². The molecule has 0 radical (unpaired) electrons. The van der Waals surface area contributed by atoms with Crippen LogP contribution in [0.15, 0.2) is 52.3 Å². The van der Waals surface area contributed by atoms with Crippen LogP contribution in [0.4, 0.5) is 17.1 Å². The predicted molar refractivity (Wildman–Crippen MR) is 74.7 cm³/mol. The number of anilines is 1. The summed E-state index contributed by atoms with van der Waals surface area (Å²) in [7, 11) is 0. The number of nitro benzene ring substituents is 2. The summed E-state index contributed by atoms with van der Waals surface area (Å²) in [5.74, 6) is 0. The zero-order chi connectivity index (χ0) is 14.7. The van der Waals surface area contributed by atoms with E-state index < -0.39 is 9.85 Å². The number of rotatable bonds is 4. The van der Waals surface area contributed by atoms with E-state index in [-0.39, 0.29) is 22.0 Å². The second-order valence-corrected chi connectivity index (χ2v) is 4.86. The number of hydrogen-bond acceptors (Lipinski definition) is 6. The molecule has 0 aliphatic rings. The van der Waals surface area contributed by atoms with E-state index in [0.717, 1.165) is 11.8 Å². The third kappa shape index (κ3) is 2.69. The third-order valence-corrected chi connectivity index (χ3v) is 3.61. The van der Waals surface area contributed by atoms with Gasteiger partial charge in [0.15, 0.2) is 0 Å². The van der Waals surface area contributed by atoms with Crippen LogP contribution in [-0.2, 0) is 0 Å². The Bertz CT molecular complexity index is 690. The highest BCUT2D eigenvalue weighted by Crippen LogP contribution is 2.41. The lowest BCUT2D eigenvalue weighted by molar-refractivity contribution is -0.387. The fourth-order valence-corrected chi connectivity index (χ4v) is 2.70.